The van der Waals surface area contributed by atoms with E-state index in [0.717, 1.165) is 0 Å². The molecule has 0 aliphatic carbocycles. The summed E-state index contributed by atoms with van der Waals surface area (Å²) in [5, 5.41) is 0.472. The Labute approximate surface area is 113 Å². The highest BCUT2D eigenvalue weighted by atomic mass is 35.5. The van der Waals surface area contributed by atoms with Crippen LogP contribution in [0.25, 0.3) is 11.1 Å². The van der Waals surface area contributed by atoms with E-state index in [4.69, 9.17) is 28.9 Å². The Bertz CT molecular complexity index is 628. The van der Waals surface area contributed by atoms with Crippen molar-refractivity contribution in [3.63, 3.8) is 0 Å². The van der Waals surface area contributed by atoms with Crippen LogP contribution >= 0.6 is 23.2 Å². The summed E-state index contributed by atoms with van der Waals surface area (Å²) >= 11 is 11.9. The van der Waals surface area contributed by atoms with Crippen molar-refractivity contribution in [3.05, 3.63) is 57.8 Å². The first kappa shape index (κ1) is 12.9. The van der Waals surface area contributed by atoms with Gasteiger partial charge in [-0.05, 0) is 18.2 Å². The van der Waals surface area contributed by atoms with E-state index in [-0.39, 0.29) is 21.2 Å². The largest absolute Gasteiger partial charge is 0.366 e. The zero-order valence-corrected chi connectivity index (χ0v) is 10.6. The SMILES string of the molecule is NC(=O)c1cccc(F)c1-c1cccc(Cl)c1Cl. The zero-order valence-electron chi connectivity index (χ0n) is 9.08. The summed E-state index contributed by atoms with van der Waals surface area (Å²) in [6.07, 6.45) is 0. The molecule has 5 heteroatoms. The van der Waals surface area contributed by atoms with Crippen LogP contribution in [0.4, 0.5) is 4.39 Å². The molecule has 92 valence electrons. The second-order valence-corrected chi connectivity index (χ2v) is 4.41. The average Bonchev–Trinajstić information content (AvgIpc) is 2.33. The third-order valence-electron chi connectivity index (χ3n) is 2.50. The van der Waals surface area contributed by atoms with Gasteiger partial charge in [0.05, 0.1) is 10.0 Å². The van der Waals surface area contributed by atoms with Gasteiger partial charge in [-0.25, -0.2) is 4.39 Å². The molecule has 0 aromatic heterocycles. The van der Waals surface area contributed by atoms with Gasteiger partial charge < -0.3 is 5.73 Å². The van der Waals surface area contributed by atoms with Gasteiger partial charge in [-0.1, -0.05) is 41.4 Å². The van der Waals surface area contributed by atoms with Gasteiger partial charge in [0.2, 0.25) is 5.91 Å². The summed E-state index contributed by atoms with van der Waals surface area (Å²) in [5.41, 5.74) is 5.71. The van der Waals surface area contributed by atoms with Crippen LogP contribution in [0.15, 0.2) is 36.4 Å². The van der Waals surface area contributed by atoms with Gasteiger partial charge in [0.25, 0.3) is 0 Å². The predicted octanol–water partition coefficient (Wildman–Crippen LogP) is 3.90. The van der Waals surface area contributed by atoms with Crippen molar-refractivity contribution in [1.29, 1.82) is 0 Å². The second-order valence-electron chi connectivity index (χ2n) is 3.63. The van der Waals surface area contributed by atoms with E-state index < -0.39 is 11.7 Å². The Morgan fingerprint density at radius 1 is 1.11 bits per heavy atom. The Hall–Kier alpha value is -1.58. The Balaban J connectivity index is 2.78. The molecule has 18 heavy (non-hydrogen) atoms. The van der Waals surface area contributed by atoms with Crippen LogP contribution in [0.3, 0.4) is 0 Å². The van der Waals surface area contributed by atoms with E-state index in [9.17, 15) is 9.18 Å². The van der Waals surface area contributed by atoms with Gasteiger partial charge in [0, 0.05) is 16.7 Å². The maximum Gasteiger partial charge on any atom is 0.249 e. The number of carbonyl (C=O) groups excluding carboxylic acids is 1. The molecule has 2 aromatic carbocycles. The van der Waals surface area contributed by atoms with Crippen LogP contribution in [0.5, 0.6) is 0 Å². The fraction of sp³-hybridized carbons (Fsp3) is 0. The molecule has 0 unspecified atom stereocenters. The Kier molecular flexibility index (Phi) is 3.55. The average molecular weight is 284 g/mol. The van der Waals surface area contributed by atoms with Crippen LogP contribution in [0, 0.1) is 5.82 Å². The van der Waals surface area contributed by atoms with E-state index in [1.165, 1.54) is 18.2 Å². The lowest BCUT2D eigenvalue weighted by Crippen LogP contribution is -2.13. The van der Waals surface area contributed by atoms with Crippen molar-refractivity contribution in [2.45, 2.75) is 0 Å². The molecule has 0 fully saturated rings. The zero-order chi connectivity index (χ0) is 13.3. The minimum absolute atomic E-state index is 0.0671. The van der Waals surface area contributed by atoms with Crippen molar-refractivity contribution in [3.8, 4) is 11.1 Å². The first-order valence-corrected chi connectivity index (χ1v) is 5.80. The van der Waals surface area contributed by atoms with Gasteiger partial charge in [-0.3, -0.25) is 4.79 Å². The van der Waals surface area contributed by atoms with Crippen molar-refractivity contribution >= 4 is 29.1 Å². The number of rotatable bonds is 2. The van der Waals surface area contributed by atoms with Crippen molar-refractivity contribution in [2.75, 3.05) is 0 Å². The summed E-state index contributed by atoms with van der Waals surface area (Å²) < 4.78 is 13.9. The molecular formula is C13H8Cl2FNO. The first-order chi connectivity index (χ1) is 8.52. The molecule has 0 spiro atoms. The minimum Gasteiger partial charge on any atom is -0.366 e. The molecule has 0 bridgehead atoms. The Morgan fingerprint density at radius 3 is 2.44 bits per heavy atom. The lowest BCUT2D eigenvalue weighted by Gasteiger charge is -2.10. The van der Waals surface area contributed by atoms with Crippen LogP contribution in [-0.4, -0.2) is 5.91 Å². The smallest absolute Gasteiger partial charge is 0.249 e. The van der Waals surface area contributed by atoms with Gasteiger partial charge in [-0.2, -0.15) is 0 Å². The monoisotopic (exact) mass is 283 g/mol. The highest BCUT2D eigenvalue weighted by Gasteiger charge is 2.17. The summed E-state index contributed by atoms with van der Waals surface area (Å²) in [7, 11) is 0. The quantitative estimate of drug-likeness (QED) is 0.893. The normalized spacial score (nSPS) is 10.4. The summed E-state index contributed by atoms with van der Waals surface area (Å²) in [6, 6.07) is 8.88. The van der Waals surface area contributed by atoms with Crippen molar-refractivity contribution < 1.29 is 9.18 Å². The van der Waals surface area contributed by atoms with Gasteiger partial charge in [0.15, 0.2) is 0 Å². The molecule has 0 aliphatic rings. The molecule has 0 aliphatic heterocycles. The lowest BCUT2D eigenvalue weighted by molar-refractivity contribution is 0.100. The van der Waals surface area contributed by atoms with E-state index in [1.807, 2.05) is 0 Å². The van der Waals surface area contributed by atoms with Gasteiger partial charge in [0.1, 0.15) is 5.82 Å². The highest BCUT2D eigenvalue weighted by Crippen LogP contribution is 2.36. The third-order valence-corrected chi connectivity index (χ3v) is 3.32. The summed E-state index contributed by atoms with van der Waals surface area (Å²) in [6.45, 7) is 0. The highest BCUT2D eigenvalue weighted by molar-refractivity contribution is 6.43. The maximum atomic E-state index is 13.9. The molecule has 0 radical (unpaired) electrons. The number of amides is 1. The number of nitrogens with two attached hydrogens (primary N) is 1. The molecule has 1 amide bonds. The second kappa shape index (κ2) is 4.96. The number of carbonyl (C=O) groups is 1. The molecule has 2 rings (SSSR count). The predicted molar refractivity (Wildman–Crippen MR) is 70.4 cm³/mol. The number of halogens is 3. The standard InChI is InChI=1S/C13H8Cl2FNO/c14-9-5-1-3-7(12(9)15)11-8(13(17)18)4-2-6-10(11)16/h1-6H,(H2,17,18). The number of hydrogen-bond acceptors (Lipinski definition) is 1. The minimum atomic E-state index is -0.722. The van der Waals surface area contributed by atoms with Crippen LogP contribution in [-0.2, 0) is 0 Å². The van der Waals surface area contributed by atoms with Crippen LogP contribution in [0.1, 0.15) is 10.4 Å². The number of primary amides is 1. The molecule has 2 nitrogen and oxygen atoms in total. The van der Waals surface area contributed by atoms with E-state index in [0.29, 0.717) is 5.56 Å². The van der Waals surface area contributed by atoms with E-state index >= 15 is 0 Å². The van der Waals surface area contributed by atoms with E-state index in [1.54, 1.807) is 18.2 Å². The number of hydrogen-bond donors (Lipinski definition) is 1. The maximum absolute atomic E-state index is 13.9. The fourth-order valence-electron chi connectivity index (χ4n) is 1.70. The van der Waals surface area contributed by atoms with Gasteiger partial charge in [-0.15, -0.1) is 0 Å². The fourth-order valence-corrected chi connectivity index (χ4v) is 2.10. The lowest BCUT2D eigenvalue weighted by atomic mass is 9.98. The van der Waals surface area contributed by atoms with Crippen LogP contribution in [0.2, 0.25) is 10.0 Å². The summed E-state index contributed by atoms with van der Waals surface area (Å²) in [4.78, 5) is 11.3. The Morgan fingerprint density at radius 2 is 1.78 bits per heavy atom. The van der Waals surface area contributed by atoms with Gasteiger partial charge >= 0.3 is 0 Å². The molecule has 0 saturated heterocycles. The molecule has 2 aromatic rings. The van der Waals surface area contributed by atoms with Crippen molar-refractivity contribution in [1.82, 2.24) is 0 Å². The molecule has 0 saturated carbocycles. The van der Waals surface area contributed by atoms with Crippen LogP contribution < -0.4 is 5.73 Å². The summed E-state index contributed by atoms with van der Waals surface area (Å²) in [5.74, 6) is -1.30. The van der Waals surface area contributed by atoms with Crippen molar-refractivity contribution in [2.24, 2.45) is 5.73 Å². The molecule has 2 N–H and O–H groups in total. The number of benzene rings is 2. The topological polar surface area (TPSA) is 43.1 Å². The molecular weight excluding hydrogens is 276 g/mol. The molecule has 0 atom stereocenters. The third kappa shape index (κ3) is 2.19. The molecule has 0 heterocycles. The van der Waals surface area contributed by atoms with E-state index in [2.05, 4.69) is 0 Å². The first-order valence-electron chi connectivity index (χ1n) is 5.05.